The Kier molecular flexibility index (Phi) is 8.65. The number of Topliss-reactive ketones (excluding diaryl/α,β-unsaturated/α-hetero) is 1. The van der Waals surface area contributed by atoms with Gasteiger partial charge in [-0.05, 0) is 60.5 Å². The average Bonchev–Trinajstić information content (AvgIpc) is 3.13. The highest BCUT2D eigenvalue weighted by molar-refractivity contribution is 6.42. The molecule has 0 radical (unpaired) electrons. The molecule has 4 rings (SSSR count). The van der Waals surface area contributed by atoms with E-state index in [2.05, 4.69) is 0 Å². The predicted molar refractivity (Wildman–Crippen MR) is 149 cm³/mol. The van der Waals surface area contributed by atoms with Crippen LogP contribution >= 0.6 is 46.4 Å². The van der Waals surface area contributed by atoms with Crippen molar-refractivity contribution in [3.05, 3.63) is 97.5 Å². The molecule has 3 aromatic carbocycles. The predicted octanol–water partition coefficient (Wildman–Crippen LogP) is 6.51. The zero-order valence-electron chi connectivity index (χ0n) is 20.0. The maximum absolute atomic E-state index is 12.9. The summed E-state index contributed by atoms with van der Waals surface area (Å²) in [5, 5.41) is 10.7. The summed E-state index contributed by atoms with van der Waals surface area (Å²) in [7, 11) is 1.74. The van der Waals surface area contributed by atoms with Gasteiger partial charge < -0.3 is 14.0 Å². The fourth-order valence-corrected chi connectivity index (χ4v) is 4.87. The molecule has 1 amide bonds. The van der Waals surface area contributed by atoms with Crippen LogP contribution in [0.15, 0.2) is 60.7 Å². The van der Waals surface area contributed by atoms with Crippen LogP contribution < -0.4 is 5.62 Å². The molecule has 1 aromatic heterocycles. The van der Waals surface area contributed by atoms with Crippen molar-refractivity contribution >= 4 is 69.1 Å². The number of carbonyl (C=O) groups excluding carboxylic acids is 2. The molecular weight excluding hydrogens is 554 g/mol. The normalized spacial score (nSPS) is 11.2. The van der Waals surface area contributed by atoms with Crippen LogP contribution in [-0.4, -0.2) is 39.3 Å². The SMILES string of the molecule is CN(CCCn1c(=N)n(CC(=O)c2ccc(Cl)cc2)c2cccc(Cl)c21)C(=O)Cc1ccc(Cl)c(Cl)c1. The fraction of sp³-hybridized carbons (Fsp3) is 0.222. The number of rotatable bonds is 9. The number of nitrogens with one attached hydrogen (secondary N) is 1. The van der Waals surface area contributed by atoms with E-state index in [9.17, 15) is 9.59 Å². The summed E-state index contributed by atoms with van der Waals surface area (Å²) in [6.07, 6.45) is 0.803. The van der Waals surface area contributed by atoms with Gasteiger partial charge in [0.15, 0.2) is 5.78 Å². The lowest BCUT2D eigenvalue weighted by Crippen LogP contribution is -2.31. The monoisotopic (exact) mass is 576 g/mol. The molecule has 0 fully saturated rings. The number of likely N-dealkylation sites (N-methyl/N-ethyl adjacent to an activating group) is 1. The van der Waals surface area contributed by atoms with Gasteiger partial charge in [-0.2, -0.15) is 0 Å². The van der Waals surface area contributed by atoms with Gasteiger partial charge in [-0.15, -0.1) is 0 Å². The van der Waals surface area contributed by atoms with Crippen molar-refractivity contribution in [1.82, 2.24) is 14.0 Å². The summed E-state index contributed by atoms with van der Waals surface area (Å²) in [5.41, 5.74) is 2.84. The molecule has 0 bridgehead atoms. The molecule has 0 saturated heterocycles. The molecule has 0 aliphatic carbocycles. The Morgan fingerprint density at radius 2 is 1.62 bits per heavy atom. The smallest absolute Gasteiger partial charge is 0.226 e. The third-order valence-electron chi connectivity index (χ3n) is 6.15. The third kappa shape index (κ3) is 6.21. The first-order valence-corrected chi connectivity index (χ1v) is 13.1. The first-order valence-electron chi connectivity index (χ1n) is 11.5. The van der Waals surface area contributed by atoms with Crippen molar-refractivity contribution in [3.8, 4) is 0 Å². The molecule has 37 heavy (non-hydrogen) atoms. The minimum absolute atomic E-state index is 0.00759. The zero-order chi connectivity index (χ0) is 26.7. The Bertz CT molecular complexity index is 1530. The molecule has 1 N–H and O–H groups in total. The van der Waals surface area contributed by atoms with Crippen molar-refractivity contribution < 1.29 is 9.59 Å². The van der Waals surface area contributed by atoms with Crippen LogP contribution in [-0.2, 0) is 24.3 Å². The third-order valence-corrected chi connectivity index (χ3v) is 7.44. The number of fused-ring (bicyclic) bond motifs is 1. The number of carbonyl (C=O) groups is 2. The molecule has 192 valence electrons. The van der Waals surface area contributed by atoms with Gasteiger partial charge in [0.25, 0.3) is 0 Å². The van der Waals surface area contributed by atoms with Crippen molar-refractivity contribution in [2.45, 2.75) is 25.9 Å². The largest absolute Gasteiger partial charge is 0.345 e. The maximum Gasteiger partial charge on any atom is 0.226 e. The summed E-state index contributed by atoms with van der Waals surface area (Å²) in [5.74, 6) is -0.190. The number of hydrogen-bond acceptors (Lipinski definition) is 3. The first-order chi connectivity index (χ1) is 17.7. The number of aromatic nitrogens is 2. The number of hydrogen-bond donors (Lipinski definition) is 1. The molecule has 4 aromatic rings. The van der Waals surface area contributed by atoms with Gasteiger partial charge in [0, 0.05) is 30.7 Å². The molecule has 0 spiro atoms. The van der Waals surface area contributed by atoms with E-state index in [1.807, 2.05) is 6.07 Å². The lowest BCUT2D eigenvalue weighted by Gasteiger charge is -2.18. The van der Waals surface area contributed by atoms with Gasteiger partial charge in [0.1, 0.15) is 0 Å². The maximum atomic E-state index is 12.9. The van der Waals surface area contributed by atoms with Crippen molar-refractivity contribution in [2.24, 2.45) is 0 Å². The summed E-state index contributed by atoms with van der Waals surface area (Å²) < 4.78 is 3.43. The van der Waals surface area contributed by atoms with Crippen LogP contribution in [0, 0.1) is 5.41 Å². The number of imidazole rings is 1. The molecule has 1 heterocycles. The Labute approximate surface area is 234 Å². The fourth-order valence-electron chi connectivity index (χ4n) is 4.15. The average molecular weight is 578 g/mol. The van der Waals surface area contributed by atoms with Gasteiger partial charge in [-0.3, -0.25) is 15.0 Å². The molecule has 10 heteroatoms. The second-order valence-electron chi connectivity index (χ2n) is 8.69. The highest BCUT2D eigenvalue weighted by Gasteiger charge is 2.17. The quantitative estimate of drug-likeness (QED) is 0.230. The van der Waals surface area contributed by atoms with E-state index in [-0.39, 0.29) is 30.3 Å². The highest BCUT2D eigenvalue weighted by atomic mass is 35.5. The van der Waals surface area contributed by atoms with Gasteiger partial charge in [-0.1, -0.05) is 58.5 Å². The summed E-state index contributed by atoms with van der Waals surface area (Å²) in [6.45, 7) is 0.922. The Morgan fingerprint density at radius 3 is 2.32 bits per heavy atom. The minimum Gasteiger partial charge on any atom is -0.345 e. The van der Waals surface area contributed by atoms with Crippen LogP contribution in [0.1, 0.15) is 22.3 Å². The molecule has 6 nitrogen and oxygen atoms in total. The van der Waals surface area contributed by atoms with E-state index in [1.54, 1.807) is 75.7 Å². The molecule has 0 unspecified atom stereocenters. The standard InChI is InChI=1S/C27H24Cl4N4O2/c1-33(25(37)15-17-6-11-20(29)22(31)14-17)12-3-13-34-26-21(30)4-2-5-23(26)35(27(34)32)16-24(36)18-7-9-19(28)10-8-18/h2,4-11,14,32H,3,12-13,15-16H2,1H3. The van der Waals surface area contributed by atoms with E-state index in [0.29, 0.717) is 56.2 Å². The van der Waals surface area contributed by atoms with Gasteiger partial charge in [0.2, 0.25) is 11.5 Å². The number of nitrogens with zero attached hydrogens (tertiary/aromatic N) is 3. The number of halogens is 4. The van der Waals surface area contributed by atoms with E-state index in [4.69, 9.17) is 51.8 Å². The first kappa shape index (κ1) is 27.3. The Hall–Kier alpha value is -2.77. The number of amides is 1. The van der Waals surface area contributed by atoms with Crippen LogP contribution in [0.5, 0.6) is 0 Å². The molecule has 0 atom stereocenters. The lowest BCUT2D eigenvalue weighted by molar-refractivity contribution is -0.129. The molecule has 0 saturated carbocycles. The number of benzene rings is 3. The second kappa shape index (κ2) is 11.7. The molecule has 0 aliphatic heterocycles. The molecule has 0 aliphatic rings. The topological polar surface area (TPSA) is 71.1 Å². The Balaban J connectivity index is 1.48. The van der Waals surface area contributed by atoms with Crippen LogP contribution in [0.25, 0.3) is 11.0 Å². The number of ketones is 1. The minimum atomic E-state index is -0.137. The van der Waals surface area contributed by atoms with E-state index < -0.39 is 0 Å². The second-order valence-corrected chi connectivity index (χ2v) is 10.4. The Morgan fingerprint density at radius 1 is 0.892 bits per heavy atom. The molecular formula is C27H24Cl4N4O2. The van der Waals surface area contributed by atoms with Crippen molar-refractivity contribution in [1.29, 1.82) is 5.41 Å². The lowest BCUT2D eigenvalue weighted by atomic mass is 10.1. The van der Waals surface area contributed by atoms with Gasteiger partial charge in [0.05, 0.1) is 39.1 Å². The van der Waals surface area contributed by atoms with E-state index >= 15 is 0 Å². The number of para-hydroxylation sites is 1. The van der Waals surface area contributed by atoms with Crippen molar-refractivity contribution in [3.63, 3.8) is 0 Å². The number of aryl methyl sites for hydroxylation is 1. The van der Waals surface area contributed by atoms with E-state index in [1.165, 1.54) is 0 Å². The van der Waals surface area contributed by atoms with Gasteiger partial charge in [-0.25, -0.2) is 0 Å². The summed E-state index contributed by atoms with van der Waals surface area (Å²) >= 11 is 24.5. The zero-order valence-corrected chi connectivity index (χ0v) is 23.0. The van der Waals surface area contributed by atoms with Crippen LogP contribution in [0.3, 0.4) is 0 Å². The van der Waals surface area contributed by atoms with Gasteiger partial charge >= 0.3 is 0 Å². The highest BCUT2D eigenvalue weighted by Crippen LogP contribution is 2.24. The van der Waals surface area contributed by atoms with Crippen LogP contribution in [0.2, 0.25) is 20.1 Å². The van der Waals surface area contributed by atoms with E-state index in [0.717, 1.165) is 5.56 Å². The summed E-state index contributed by atoms with van der Waals surface area (Å²) in [6, 6.07) is 17.2. The van der Waals surface area contributed by atoms with Crippen molar-refractivity contribution in [2.75, 3.05) is 13.6 Å². The van der Waals surface area contributed by atoms with Crippen LogP contribution in [0.4, 0.5) is 0 Å². The summed E-state index contributed by atoms with van der Waals surface area (Å²) in [4.78, 5) is 27.3.